The molecule has 2 atom stereocenters. The smallest absolute Gasteiger partial charge is 0.131 e. The van der Waals surface area contributed by atoms with Crippen molar-refractivity contribution in [2.75, 3.05) is 13.7 Å². The molecule has 3 rings (SSSR count). The van der Waals surface area contributed by atoms with E-state index >= 15 is 0 Å². The third-order valence-corrected chi connectivity index (χ3v) is 4.27. The highest BCUT2D eigenvalue weighted by atomic mass is 35.5. The Morgan fingerprint density at radius 1 is 0.952 bits per heavy atom. The Morgan fingerprint density at radius 2 is 1.67 bits per heavy atom. The van der Waals surface area contributed by atoms with Crippen LogP contribution in [0.15, 0.2) is 54.6 Å². The predicted octanol–water partition coefficient (Wildman–Crippen LogP) is 0.141. The number of ether oxygens (including phenoxy) is 1. The maximum atomic E-state index is 5.26. The number of benzene rings is 2. The van der Waals surface area contributed by atoms with Gasteiger partial charge in [0.15, 0.2) is 0 Å². The maximum absolute atomic E-state index is 5.26. The summed E-state index contributed by atoms with van der Waals surface area (Å²) in [6.07, 6.45) is 3.91. The maximum Gasteiger partial charge on any atom is 0.131 e. The van der Waals surface area contributed by atoms with Crippen LogP contribution in [-0.4, -0.2) is 13.7 Å². The fraction of sp³-hybridized carbons (Fsp3) is 0.333. The van der Waals surface area contributed by atoms with Crippen LogP contribution in [0.3, 0.4) is 0 Å². The molecule has 1 fully saturated rings. The van der Waals surface area contributed by atoms with Gasteiger partial charge in [-0.2, -0.15) is 0 Å². The van der Waals surface area contributed by atoms with E-state index in [9.17, 15) is 0 Å². The second-order valence-corrected chi connectivity index (χ2v) is 5.46. The molecule has 0 saturated carbocycles. The van der Waals surface area contributed by atoms with Gasteiger partial charge in [0.2, 0.25) is 0 Å². The van der Waals surface area contributed by atoms with Crippen LogP contribution in [0.25, 0.3) is 0 Å². The van der Waals surface area contributed by atoms with Crippen LogP contribution < -0.4 is 22.0 Å². The highest BCUT2D eigenvalue weighted by Gasteiger charge is 2.28. The largest absolute Gasteiger partial charge is 1.00 e. The van der Waals surface area contributed by atoms with E-state index in [2.05, 4.69) is 54.6 Å². The second-order valence-electron chi connectivity index (χ2n) is 5.46. The Balaban J connectivity index is 0.00000161. The quantitative estimate of drug-likeness (QED) is 0.852. The van der Waals surface area contributed by atoms with E-state index in [0.29, 0.717) is 6.04 Å². The first-order valence-electron chi connectivity index (χ1n) is 7.43. The van der Waals surface area contributed by atoms with Crippen LogP contribution in [0.4, 0.5) is 5.69 Å². The van der Waals surface area contributed by atoms with Crippen LogP contribution in [0, 0.1) is 0 Å². The summed E-state index contributed by atoms with van der Waals surface area (Å²) < 4.78 is 5.26. The lowest BCUT2D eigenvalue weighted by atomic mass is 9.94. The molecule has 3 heteroatoms. The second kappa shape index (κ2) is 7.48. The number of nitrogens with one attached hydrogen (secondary N) is 1. The van der Waals surface area contributed by atoms with Gasteiger partial charge in [-0.3, -0.25) is 4.90 Å². The summed E-state index contributed by atoms with van der Waals surface area (Å²) >= 11 is 0. The van der Waals surface area contributed by atoms with Crippen LogP contribution in [0.5, 0.6) is 5.75 Å². The molecule has 1 N–H and O–H groups in total. The SMILES string of the molecule is COc1ccc([NH+]2CCCCC2c2ccccc2)cc1.[Cl-]. The van der Waals surface area contributed by atoms with Crippen molar-refractivity contribution >= 4 is 5.69 Å². The number of methoxy groups -OCH3 is 1. The van der Waals surface area contributed by atoms with Crippen molar-refractivity contribution in [1.29, 1.82) is 0 Å². The molecule has 2 aromatic carbocycles. The topological polar surface area (TPSA) is 13.7 Å². The van der Waals surface area contributed by atoms with Crippen molar-refractivity contribution in [1.82, 2.24) is 0 Å². The first kappa shape index (κ1) is 15.9. The molecule has 2 unspecified atom stereocenters. The minimum Gasteiger partial charge on any atom is -1.00 e. The molecule has 0 radical (unpaired) electrons. The van der Waals surface area contributed by atoms with Crippen LogP contribution >= 0.6 is 0 Å². The van der Waals surface area contributed by atoms with Gasteiger partial charge in [-0.1, -0.05) is 30.3 Å². The van der Waals surface area contributed by atoms with Crippen LogP contribution in [0.1, 0.15) is 30.9 Å². The van der Waals surface area contributed by atoms with Crippen molar-refractivity contribution in [3.8, 4) is 5.75 Å². The van der Waals surface area contributed by atoms with Gasteiger partial charge < -0.3 is 17.1 Å². The first-order valence-corrected chi connectivity index (χ1v) is 7.43. The molecule has 112 valence electrons. The average molecular weight is 304 g/mol. The standard InChI is InChI=1S/C18H21NO.ClH/c1-20-17-12-10-16(11-13-17)19-14-6-5-9-18(19)15-7-3-2-4-8-15;/h2-4,7-8,10-13,18H,5-6,9,14H2,1H3;1H. The molecule has 2 aromatic rings. The van der Waals surface area contributed by atoms with Gasteiger partial charge in [-0.05, 0) is 25.0 Å². The molecule has 21 heavy (non-hydrogen) atoms. The molecule has 1 aliphatic heterocycles. The zero-order valence-corrected chi connectivity index (χ0v) is 13.1. The Hall–Kier alpha value is -1.51. The average Bonchev–Trinajstić information content (AvgIpc) is 2.56. The van der Waals surface area contributed by atoms with Gasteiger partial charge in [-0.25, -0.2) is 0 Å². The van der Waals surface area contributed by atoms with Gasteiger partial charge in [0, 0.05) is 24.1 Å². The van der Waals surface area contributed by atoms with E-state index in [1.165, 1.54) is 37.1 Å². The van der Waals surface area contributed by atoms with Crippen LogP contribution in [0.2, 0.25) is 0 Å². The summed E-state index contributed by atoms with van der Waals surface area (Å²) in [5, 5.41) is 0. The predicted molar refractivity (Wildman–Crippen MR) is 81.5 cm³/mol. The molecule has 1 heterocycles. The molecule has 1 aliphatic rings. The Kier molecular flexibility index (Phi) is 5.66. The highest BCUT2D eigenvalue weighted by molar-refractivity contribution is 5.36. The molecule has 0 aliphatic carbocycles. The van der Waals surface area contributed by atoms with Crippen LogP contribution in [-0.2, 0) is 0 Å². The van der Waals surface area contributed by atoms with Crippen molar-refractivity contribution < 1.29 is 22.0 Å². The monoisotopic (exact) mass is 303 g/mol. The highest BCUT2D eigenvalue weighted by Crippen LogP contribution is 2.22. The van der Waals surface area contributed by atoms with E-state index in [1.54, 1.807) is 12.0 Å². The minimum atomic E-state index is 0. The molecule has 0 amide bonds. The van der Waals surface area contributed by atoms with Gasteiger partial charge >= 0.3 is 0 Å². The molecular formula is C18H22ClNO. The molecule has 0 aromatic heterocycles. The van der Waals surface area contributed by atoms with Gasteiger partial charge in [0.25, 0.3) is 0 Å². The van der Waals surface area contributed by atoms with Gasteiger partial charge in [-0.15, -0.1) is 0 Å². The third-order valence-electron chi connectivity index (χ3n) is 4.27. The molecule has 2 nitrogen and oxygen atoms in total. The zero-order chi connectivity index (χ0) is 13.8. The summed E-state index contributed by atoms with van der Waals surface area (Å²) in [5.41, 5.74) is 2.83. The number of hydrogen-bond donors (Lipinski definition) is 1. The van der Waals surface area contributed by atoms with Gasteiger partial charge in [0.1, 0.15) is 17.5 Å². The number of rotatable bonds is 3. The van der Waals surface area contributed by atoms with Crippen molar-refractivity contribution in [3.05, 3.63) is 60.2 Å². The Morgan fingerprint density at radius 3 is 2.33 bits per heavy atom. The number of halogens is 1. The lowest BCUT2D eigenvalue weighted by Crippen LogP contribution is -3.08. The first-order chi connectivity index (χ1) is 9.88. The molecular weight excluding hydrogens is 282 g/mol. The van der Waals surface area contributed by atoms with E-state index in [1.807, 2.05) is 0 Å². The molecule has 1 saturated heterocycles. The normalized spacial score (nSPS) is 21.4. The van der Waals surface area contributed by atoms with Crippen molar-refractivity contribution in [3.63, 3.8) is 0 Å². The fourth-order valence-electron chi connectivity index (χ4n) is 3.22. The third kappa shape index (κ3) is 3.58. The van der Waals surface area contributed by atoms with Gasteiger partial charge in [0.05, 0.1) is 13.7 Å². The summed E-state index contributed by atoms with van der Waals surface area (Å²) in [4.78, 5) is 1.59. The van der Waals surface area contributed by atoms with E-state index in [-0.39, 0.29) is 12.4 Å². The number of piperidine rings is 1. The minimum absolute atomic E-state index is 0. The Bertz CT molecular complexity index is 541. The van der Waals surface area contributed by atoms with Crippen molar-refractivity contribution in [2.45, 2.75) is 25.3 Å². The Labute approximate surface area is 133 Å². The summed E-state index contributed by atoms with van der Waals surface area (Å²) in [5.74, 6) is 0.932. The van der Waals surface area contributed by atoms with E-state index < -0.39 is 0 Å². The lowest BCUT2D eigenvalue weighted by Gasteiger charge is -2.32. The van der Waals surface area contributed by atoms with Crippen molar-refractivity contribution in [2.24, 2.45) is 0 Å². The summed E-state index contributed by atoms with van der Waals surface area (Å²) in [6, 6.07) is 20.0. The summed E-state index contributed by atoms with van der Waals surface area (Å²) in [7, 11) is 1.72. The lowest BCUT2D eigenvalue weighted by molar-refractivity contribution is -0.873. The number of quaternary nitrogens is 1. The summed E-state index contributed by atoms with van der Waals surface area (Å²) in [6.45, 7) is 1.21. The van der Waals surface area contributed by atoms with E-state index in [4.69, 9.17) is 4.74 Å². The number of hydrogen-bond acceptors (Lipinski definition) is 1. The van der Waals surface area contributed by atoms with E-state index in [0.717, 1.165) is 5.75 Å². The zero-order valence-electron chi connectivity index (χ0n) is 12.4. The fourth-order valence-corrected chi connectivity index (χ4v) is 3.22. The molecule has 0 bridgehead atoms. The molecule has 0 spiro atoms.